The first kappa shape index (κ1) is 13.6. The Labute approximate surface area is 124 Å². The van der Waals surface area contributed by atoms with Crippen LogP contribution >= 0.6 is 11.6 Å². The van der Waals surface area contributed by atoms with Gasteiger partial charge in [-0.15, -0.1) is 0 Å². The van der Waals surface area contributed by atoms with E-state index in [1.807, 2.05) is 36.5 Å². The predicted molar refractivity (Wildman–Crippen MR) is 79.2 cm³/mol. The summed E-state index contributed by atoms with van der Waals surface area (Å²) in [7, 11) is 1.97. The van der Waals surface area contributed by atoms with Gasteiger partial charge in [0.25, 0.3) is 0 Å². The fourth-order valence-electron chi connectivity index (χ4n) is 2.78. The normalized spacial score (nSPS) is 26.9. The van der Waals surface area contributed by atoms with Gasteiger partial charge in [-0.05, 0) is 30.7 Å². The molecular formula is C16H17ClN2O. The highest BCUT2D eigenvalue weighted by molar-refractivity contribution is 6.30. The van der Waals surface area contributed by atoms with Crippen molar-refractivity contribution in [2.24, 2.45) is 0 Å². The molecule has 1 aliphatic heterocycles. The van der Waals surface area contributed by atoms with Gasteiger partial charge in [0.15, 0.2) is 0 Å². The van der Waals surface area contributed by atoms with Crippen molar-refractivity contribution in [3.8, 4) is 0 Å². The monoisotopic (exact) mass is 288 g/mol. The van der Waals surface area contributed by atoms with Gasteiger partial charge in [-0.1, -0.05) is 29.8 Å². The largest absolute Gasteiger partial charge is 0.287 e. The SMILES string of the molecule is CN1O[C@](C)(c2cccnc2)C[C@@H]1c1ccc(Cl)cc1. The van der Waals surface area contributed by atoms with Gasteiger partial charge < -0.3 is 0 Å². The zero-order chi connectivity index (χ0) is 14.2. The Balaban J connectivity index is 1.88. The van der Waals surface area contributed by atoms with Gasteiger partial charge >= 0.3 is 0 Å². The van der Waals surface area contributed by atoms with Gasteiger partial charge in [0.2, 0.25) is 0 Å². The topological polar surface area (TPSA) is 25.4 Å². The third kappa shape index (κ3) is 2.44. The molecule has 2 heterocycles. The molecule has 20 heavy (non-hydrogen) atoms. The summed E-state index contributed by atoms with van der Waals surface area (Å²) >= 11 is 5.95. The van der Waals surface area contributed by atoms with E-state index < -0.39 is 0 Å². The fourth-order valence-corrected chi connectivity index (χ4v) is 2.90. The van der Waals surface area contributed by atoms with Gasteiger partial charge in [-0.2, -0.15) is 5.06 Å². The summed E-state index contributed by atoms with van der Waals surface area (Å²) in [5.74, 6) is 0. The maximum Gasteiger partial charge on any atom is 0.115 e. The van der Waals surface area contributed by atoms with E-state index in [0.717, 1.165) is 17.0 Å². The third-order valence-electron chi connectivity index (χ3n) is 3.89. The highest BCUT2D eigenvalue weighted by Gasteiger charge is 2.42. The number of hydroxylamine groups is 2. The Hall–Kier alpha value is -1.42. The van der Waals surface area contributed by atoms with Crippen LogP contribution in [-0.2, 0) is 10.4 Å². The standard InChI is InChI=1S/C16H17ClN2O/c1-16(13-4-3-9-18-11-13)10-15(19(2)20-16)12-5-7-14(17)8-6-12/h3-9,11,15H,10H2,1-2H3/t15-,16+/m1/s1. The van der Waals surface area contributed by atoms with Crippen LogP contribution in [-0.4, -0.2) is 17.1 Å². The van der Waals surface area contributed by atoms with Crippen molar-refractivity contribution in [2.45, 2.75) is 25.0 Å². The summed E-state index contributed by atoms with van der Waals surface area (Å²) in [5.41, 5.74) is 1.97. The molecule has 3 rings (SSSR count). The Morgan fingerprint density at radius 2 is 2.05 bits per heavy atom. The highest BCUT2D eigenvalue weighted by atomic mass is 35.5. The van der Waals surface area contributed by atoms with Crippen LogP contribution in [0.4, 0.5) is 0 Å². The maximum atomic E-state index is 6.09. The smallest absolute Gasteiger partial charge is 0.115 e. The third-order valence-corrected chi connectivity index (χ3v) is 4.15. The van der Waals surface area contributed by atoms with Crippen molar-refractivity contribution < 1.29 is 4.84 Å². The Morgan fingerprint density at radius 3 is 2.70 bits per heavy atom. The second kappa shape index (κ2) is 5.17. The molecule has 0 unspecified atom stereocenters. The average Bonchev–Trinajstić information content (AvgIpc) is 2.77. The van der Waals surface area contributed by atoms with Gasteiger partial charge in [0.05, 0.1) is 6.04 Å². The first-order chi connectivity index (χ1) is 9.58. The second-order valence-electron chi connectivity index (χ2n) is 5.38. The van der Waals surface area contributed by atoms with Gasteiger partial charge in [-0.3, -0.25) is 9.82 Å². The molecule has 0 N–H and O–H groups in total. The van der Waals surface area contributed by atoms with Crippen molar-refractivity contribution in [1.82, 2.24) is 10.0 Å². The van der Waals surface area contributed by atoms with E-state index in [-0.39, 0.29) is 11.6 Å². The van der Waals surface area contributed by atoms with E-state index in [1.165, 1.54) is 5.56 Å². The number of aromatic nitrogens is 1. The first-order valence-electron chi connectivity index (χ1n) is 6.66. The molecule has 0 bridgehead atoms. The number of nitrogens with zero attached hydrogens (tertiary/aromatic N) is 2. The molecule has 1 aliphatic rings. The Kier molecular flexibility index (Phi) is 3.50. The summed E-state index contributed by atoms with van der Waals surface area (Å²) < 4.78 is 0. The summed E-state index contributed by atoms with van der Waals surface area (Å²) in [4.78, 5) is 10.3. The summed E-state index contributed by atoms with van der Waals surface area (Å²) in [5, 5.41) is 2.68. The van der Waals surface area contributed by atoms with Gasteiger partial charge in [0, 0.05) is 36.4 Å². The van der Waals surface area contributed by atoms with Crippen LogP contribution in [0.25, 0.3) is 0 Å². The van der Waals surface area contributed by atoms with E-state index in [4.69, 9.17) is 16.4 Å². The van der Waals surface area contributed by atoms with Crippen LogP contribution in [0.2, 0.25) is 5.02 Å². The molecule has 1 saturated heterocycles. The van der Waals surface area contributed by atoms with E-state index in [9.17, 15) is 0 Å². The summed E-state index contributed by atoms with van der Waals surface area (Å²) in [6, 6.07) is 12.2. The second-order valence-corrected chi connectivity index (χ2v) is 5.82. The number of pyridine rings is 1. The fraction of sp³-hybridized carbons (Fsp3) is 0.312. The first-order valence-corrected chi connectivity index (χ1v) is 7.04. The van der Waals surface area contributed by atoms with Crippen molar-refractivity contribution in [3.05, 3.63) is 64.9 Å². The maximum absolute atomic E-state index is 6.09. The minimum absolute atomic E-state index is 0.220. The van der Waals surface area contributed by atoms with E-state index in [1.54, 1.807) is 6.20 Å². The lowest BCUT2D eigenvalue weighted by atomic mass is 9.89. The molecule has 0 saturated carbocycles. The summed E-state index contributed by atoms with van der Waals surface area (Å²) in [6.07, 6.45) is 4.54. The molecule has 1 fully saturated rings. The molecule has 1 aromatic heterocycles. The molecule has 2 aromatic rings. The molecule has 3 nitrogen and oxygen atoms in total. The average molecular weight is 289 g/mol. The van der Waals surface area contributed by atoms with Crippen molar-refractivity contribution >= 4 is 11.6 Å². The number of rotatable bonds is 2. The van der Waals surface area contributed by atoms with E-state index >= 15 is 0 Å². The predicted octanol–water partition coefficient (Wildman–Crippen LogP) is 3.96. The number of hydrogen-bond acceptors (Lipinski definition) is 3. The van der Waals surface area contributed by atoms with Crippen LogP contribution in [0, 0.1) is 0 Å². The molecule has 0 amide bonds. The van der Waals surface area contributed by atoms with Crippen LogP contribution in [0.3, 0.4) is 0 Å². The molecular weight excluding hydrogens is 272 g/mol. The lowest BCUT2D eigenvalue weighted by Gasteiger charge is -2.23. The minimum Gasteiger partial charge on any atom is -0.287 e. The molecule has 2 atom stereocenters. The van der Waals surface area contributed by atoms with E-state index in [2.05, 4.69) is 30.1 Å². The Bertz CT molecular complexity index is 587. The zero-order valence-electron chi connectivity index (χ0n) is 11.6. The quantitative estimate of drug-likeness (QED) is 0.836. The molecule has 0 radical (unpaired) electrons. The molecule has 0 aliphatic carbocycles. The van der Waals surface area contributed by atoms with Crippen molar-refractivity contribution in [1.29, 1.82) is 0 Å². The van der Waals surface area contributed by atoms with Crippen LogP contribution < -0.4 is 0 Å². The van der Waals surface area contributed by atoms with Crippen LogP contribution in [0.1, 0.15) is 30.5 Å². The van der Waals surface area contributed by atoms with E-state index in [0.29, 0.717) is 0 Å². The van der Waals surface area contributed by atoms with Crippen LogP contribution in [0.15, 0.2) is 48.8 Å². The number of benzene rings is 1. The highest BCUT2D eigenvalue weighted by Crippen LogP contribution is 2.44. The molecule has 4 heteroatoms. The number of halogens is 1. The zero-order valence-corrected chi connectivity index (χ0v) is 12.3. The molecule has 1 aromatic carbocycles. The van der Waals surface area contributed by atoms with Crippen molar-refractivity contribution in [3.63, 3.8) is 0 Å². The lowest BCUT2D eigenvalue weighted by molar-refractivity contribution is -0.188. The van der Waals surface area contributed by atoms with Gasteiger partial charge in [-0.25, -0.2) is 0 Å². The van der Waals surface area contributed by atoms with Crippen molar-refractivity contribution in [2.75, 3.05) is 7.05 Å². The number of hydrogen-bond donors (Lipinski definition) is 0. The Morgan fingerprint density at radius 1 is 1.30 bits per heavy atom. The van der Waals surface area contributed by atoms with Crippen LogP contribution in [0.5, 0.6) is 0 Å². The lowest BCUT2D eigenvalue weighted by Crippen LogP contribution is -2.23. The molecule has 104 valence electrons. The molecule has 0 spiro atoms. The summed E-state index contributed by atoms with van der Waals surface area (Å²) in [6.45, 7) is 2.11. The van der Waals surface area contributed by atoms with Gasteiger partial charge in [0.1, 0.15) is 5.60 Å². The minimum atomic E-state index is -0.340.